The normalized spacial score (nSPS) is 37.6. The number of hydrogen-bond acceptors (Lipinski definition) is 3. The number of nitriles is 1. The molecule has 0 bridgehead atoms. The van der Waals surface area contributed by atoms with Gasteiger partial charge in [-0.2, -0.15) is 5.26 Å². The molecule has 0 radical (unpaired) electrons. The molecule has 1 fully saturated rings. The first-order valence-electron chi connectivity index (χ1n) is 6.93. The lowest BCUT2D eigenvalue weighted by Crippen LogP contribution is -2.54. The van der Waals surface area contributed by atoms with Crippen molar-refractivity contribution in [1.29, 1.82) is 5.26 Å². The van der Waals surface area contributed by atoms with E-state index in [0.29, 0.717) is 25.9 Å². The lowest BCUT2D eigenvalue weighted by molar-refractivity contribution is -0.102. The second-order valence-corrected chi connectivity index (χ2v) is 5.83. The fourth-order valence-corrected chi connectivity index (χ4v) is 3.66. The largest absolute Gasteiger partial charge is 0.385 e. The van der Waals surface area contributed by atoms with E-state index in [-0.39, 0.29) is 6.10 Å². The molecule has 0 spiro atoms. The Bertz CT molecular complexity index is 536. The Balaban J connectivity index is 2.01. The SMILES string of the molecule is CC1OCCC1(O)C1(C#N)CCc2ccccc2C1. The van der Waals surface area contributed by atoms with Crippen molar-refractivity contribution in [3.8, 4) is 6.07 Å². The van der Waals surface area contributed by atoms with Crippen LogP contribution in [0.3, 0.4) is 0 Å². The molecule has 3 rings (SSSR count). The molecule has 1 heterocycles. The molecule has 1 aromatic rings. The van der Waals surface area contributed by atoms with Crippen molar-refractivity contribution in [3.05, 3.63) is 35.4 Å². The Morgan fingerprint density at radius 2 is 2.05 bits per heavy atom. The highest BCUT2D eigenvalue weighted by atomic mass is 16.5. The average Bonchev–Trinajstić information content (AvgIpc) is 2.79. The summed E-state index contributed by atoms with van der Waals surface area (Å²) in [7, 11) is 0. The van der Waals surface area contributed by atoms with E-state index in [1.165, 1.54) is 11.1 Å². The van der Waals surface area contributed by atoms with Crippen molar-refractivity contribution in [2.45, 2.75) is 44.3 Å². The van der Waals surface area contributed by atoms with Crippen LogP contribution in [0.4, 0.5) is 0 Å². The molecule has 0 aromatic heterocycles. The molecular weight excluding hydrogens is 238 g/mol. The first kappa shape index (κ1) is 12.7. The van der Waals surface area contributed by atoms with E-state index in [1.54, 1.807) is 0 Å². The molecule has 1 N–H and O–H groups in total. The maximum Gasteiger partial charge on any atom is 0.112 e. The lowest BCUT2D eigenvalue weighted by atomic mass is 9.60. The maximum absolute atomic E-state index is 11.0. The number of benzene rings is 1. The minimum Gasteiger partial charge on any atom is -0.385 e. The van der Waals surface area contributed by atoms with Crippen LogP contribution in [0.25, 0.3) is 0 Å². The van der Waals surface area contributed by atoms with Crippen molar-refractivity contribution in [3.63, 3.8) is 0 Å². The van der Waals surface area contributed by atoms with Gasteiger partial charge in [0.2, 0.25) is 0 Å². The van der Waals surface area contributed by atoms with Crippen molar-refractivity contribution in [2.75, 3.05) is 6.61 Å². The van der Waals surface area contributed by atoms with Gasteiger partial charge in [0.25, 0.3) is 0 Å². The Morgan fingerprint density at radius 1 is 1.32 bits per heavy atom. The first-order chi connectivity index (χ1) is 9.11. The molecule has 3 heteroatoms. The summed E-state index contributed by atoms with van der Waals surface area (Å²) in [4.78, 5) is 0. The molecule has 0 saturated carbocycles. The van der Waals surface area contributed by atoms with E-state index < -0.39 is 11.0 Å². The lowest BCUT2D eigenvalue weighted by Gasteiger charge is -2.44. The zero-order valence-corrected chi connectivity index (χ0v) is 11.2. The van der Waals surface area contributed by atoms with Gasteiger partial charge >= 0.3 is 0 Å². The molecule has 1 aliphatic carbocycles. The van der Waals surface area contributed by atoms with Gasteiger partial charge in [0.15, 0.2) is 0 Å². The zero-order chi connectivity index (χ0) is 13.5. The van der Waals surface area contributed by atoms with Gasteiger partial charge < -0.3 is 9.84 Å². The van der Waals surface area contributed by atoms with E-state index in [1.807, 2.05) is 19.1 Å². The van der Waals surface area contributed by atoms with Crippen molar-refractivity contribution >= 4 is 0 Å². The van der Waals surface area contributed by atoms with Crippen LogP contribution in [0, 0.1) is 16.7 Å². The van der Waals surface area contributed by atoms with Gasteiger partial charge in [-0.25, -0.2) is 0 Å². The van der Waals surface area contributed by atoms with Gasteiger partial charge in [0, 0.05) is 13.0 Å². The van der Waals surface area contributed by atoms with Gasteiger partial charge in [-0.15, -0.1) is 0 Å². The van der Waals surface area contributed by atoms with E-state index in [4.69, 9.17) is 4.74 Å². The van der Waals surface area contributed by atoms with Gasteiger partial charge in [0.05, 0.1) is 17.6 Å². The summed E-state index contributed by atoms with van der Waals surface area (Å²) < 4.78 is 5.54. The fourth-order valence-electron chi connectivity index (χ4n) is 3.66. The monoisotopic (exact) mass is 257 g/mol. The molecule has 100 valence electrons. The molecule has 0 amide bonds. The summed E-state index contributed by atoms with van der Waals surface area (Å²) in [5, 5.41) is 20.8. The summed E-state index contributed by atoms with van der Waals surface area (Å²) in [5.74, 6) is 0. The summed E-state index contributed by atoms with van der Waals surface area (Å²) in [6.45, 7) is 2.43. The van der Waals surface area contributed by atoms with Crippen LogP contribution in [0.2, 0.25) is 0 Å². The number of fused-ring (bicyclic) bond motifs is 1. The van der Waals surface area contributed by atoms with E-state index in [0.717, 1.165) is 6.42 Å². The van der Waals surface area contributed by atoms with Crippen LogP contribution in [0.5, 0.6) is 0 Å². The third-order valence-corrected chi connectivity index (χ3v) is 5.00. The van der Waals surface area contributed by atoms with E-state index in [9.17, 15) is 10.4 Å². The predicted molar refractivity (Wildman–Crippen MR) is 71.5 cm³/mol. The molecule has 1 aromatic carbocycles. The van der Waals surface area contributed by atoms with Gasteiger partial charge in [-0.3, -0.25) is 0 Å². The summed E-state index contributed by atoms with van der Waals surface area (Å²) in [6.07, 6.45) is 2.49. The fraction of sp³-hybridized carbons (Fsp3) is 0.562. The number of aliphatic hydroxyl groups is 1. The van der Waals surface area contributed by atoms with Crippen LogP contribution >= 0.6 is 0 Å². The second kappa shape index (κ2) is 4.33. The quantitative estimate of drug-likeness (QED) is 0.839. The van der Waals surface area contributed by atoms with Crippen LogP contribution in [-0.4, -0.2) is 23.4 Å². The maximum atomic E-state index is 11.0. The topological polar surface area (TPSA) is 53.2 Å². The number of nitrogens with zero attached hydrogens (tertiary/aromatic N) is 1. The van der Waals surface area contributed by atoms with Crippen LogP contribution in [0.15, 0.2) is 24.3 Å². The van der Waals surface area contributed by atoms with Crippen molar-refractivity contribution < 1.29 is 9.84 Å². The molecule has 1 saturated heterocycles. The third-order valence-electron chi connectivity index (χ3n) is 5.00. The summed E-state index contributed by atoms with van der Waals surface area (Å²) in [5.41, 5.74) is 0.776. The average molecular weight is 257 g/mol. The van der Waals surface area contributed by atoms with Crippen LogP contribution < -0.4 is 0 Å². The van der Waals surface area contributed by atoms with Gasteiger partial charge in [-0.1, -0.05) is 24.3 Å². The Labute approximate surface area is 113 Å². The van der Waals surface area contributed by atoms with Gasteiger partial charge in [-0.05, 0) is 37.3 Å². The predicted octanol–water partition coefficient (Wildman–Crippen LogP) is 2.23. The highest BCUT2D eigenvalue weighted by Gasteiger charge is 2.57. The number of hydrogen-bond donors (Lipinski definition) is 1. The summed E-state index contributed by atoms with van der Waals surface area (Å²) in [6, 6.07) is 10.7. The minimum atomic E-state index is -1.02. The van der Waals surface area contributed by atoms with Crippen molar-refractivity contribution in [2.24, 2.45) is 5.41 Å². The van der Waals surface area contributed by atoms with Crippen LogP contribution in [0.1, 0.15) is 30.9 Å². The third kappa shape index (κ3) is 1.71. The molecule has 3 unspecified atom stereocenters. The van der Waals surface area contributed by atoms with E-state index in [2.05, 4.69) is 18.2 Å². The molecule has 19 heavy (non-hydrogen) atoms. The minimum absolute atomic E-state index is 0.266. The number of rotatable bonds is 1. The number of ether oxygens (including phenoxy) is 1. The Kier molecular flexibility index (Phi) is 2.88. The van der Waals surface area contributed by atoms with Crippen LogP contribution in [-0.2, 0) is 17.6 Å². The molecule has 3 atom stereocenters. The van der Waals surface area contributed by atoms with E-state index >= 15 is 0 Å². The Hall–Kier alpha value is -1.37. The highest BCUT2D eigenvalue weighted by molar-refractivity contribution is 5.35. The summed E-state index contributed by atoms with van der Waals surface area (Å²) >= 11 is 0. The smallest absolute Gasteiger partial charge is 0.112 e. The molecular formula is C16H19NO2. The highest BCUT2D eigenvalue weighted by Crippen LogP contribution is 2.49. The zero-order valence-electron chi connectivity index (χ0n) is 11.2. The first-order valence-corrected chi connectivity index (χ1v) is 6.93. The number of aryl methyl sites for hydroxylation is 1. The molecule has 3 nitrogen and oxygen atoms in total. The standard InChI is InChI=1S/C16H19NO2/c1-12-16(18,8-9-19-12)15(11-17)7-6-13-4-2-3-5-14(13)10-15/h2-5,12,18H,6-10H2,1H3. The molecule has 1 aliphatic heterocycles. The Morgan fingerprint density at radius 3 is 2.68 bits per heavy atom. The van der Waals surface area contributed by atoms with Crippen molar-refractivity contribution in [1.82, 2.24) is 0 Å². The van der Waals surface area contributed by atoms with Gasteiger partial charge in [0.1, 0.15) is 5.60 Å². The second-order valence-electron chi connectivity index (χ2n) is 5.83. The molecule has 2 aliphatic rings.